The number of aliphatic hydroxyl groups is 2. The van der Waals surface area contributed by atoms with E-state index in [4.69, 9.17) is 18.9 Å². The molecule has 106 valence electrons. The summed E-state index contributed by atoms with van der Waals surface area (Å²) in [5.41, 5.74) is 0. The molecule has 0 radical (unpaired) electrons. The Kier molecular flexibility index (Phi) is 3.70. The fourth-order valence-corrected chi connectivity index (χ4v) is 2.32. The van der Waals surface area contributed by atoms with Gasteiger partial charge < -0.3 is 29.2 Å². The minimum atomic E-state index is -1.28. The molecule has 2 N–H and O–H groups in total. The molecule has 0 saturated carbocycles. The van der Waals surface area contributed by atoms with E-state index in [0.29, 0.717) is 6.61 Å². The van der Waals surface area contributed by atoms with Crippen LogP contribution < -0.4 is 0 Å². The molecule has 0 spiro atoms. The van der Waals surface area contributed by atoms with Crippen molar-refractivity contribution in [2.45, 2.75) is 70.3 Å². The molecule has 0 aliphatic carbocycles. The summed E-state index contributed by atoms with van der Waals surface area (Å²) in [6.45, 7) is 7.06. The number of aliphatic hydroxyl groups excluding tert-OH is 1. The standard InChI is InChI=1S/C12H22O6/c1-11(2,14)17-7-5-9(13)16-8-6-15-12(3,4)18-10(7)8/h7-10,13-14H,5-6H2,1-4H3/t7-,8-,9+,10+/m1/s1. The van der Waals surface area contributed by atoms with E-state index in [2.05, 4.69) is 0 Å². The van der Waals surface area contributed by atoms with E-state index in [-0.39, 0.29) is 18.6 Å². The maximum atomic E-state index is 9.75. The molecule has 2 aliphatic heterocycles. The first-order chi connectivity index (χ1) is 8.16. The summed E-state index contributed by atoms with van der Waals surface area (Å²) in [5.74, 6) is -1.99. The molecular weight excluding hydrogens is 240 g/mol. The van der Waals surface area contributed by atoms with Crippen molar-refractivity contribution in [3.05, 3.63) is 0 Å². The van der Waals surface area contributed by atoms with Gasteiger partial charge in [-0.2, -0.15) is 0 Å². The highest BCUT2D eigenvalue weighted by Crippen LogP contribution is 2.34. The molecule has 0 aromatic heterocycles. The smallest absolute Gasteiger partial charge is 0.163 e. The Morgan fingerprint density at radius 3 is 2.61 bits per heavy atom. The first kappa shape index (κ1) is 14.2. The molecule has 2 aliphatic rings. The molecular formula is C12H22O6. The molecule has 0 unspecified atom stereocenters. The lowest BCUT2D eigenvalue weighted by molar-refractivity contribution is -0.377. The third kappa shape index (κ3) is 3.40. The zero-order chi connectivity index (χ0) is 13.6. The number of hydrogen-bond donors (Lipinski definition) is 2. The molecule has 6 nitrogen and oxygen atoms in total. The maximum Gasteiger partial charge on any atom is 0.163 e. The molecule has 0 aromatic rings. The van der Waals surface area contributed by atoms with Crippen molar-refractivity contribution in [1.82, 2.24) is 0 Å². The first-order valence-electron chi connectivity index (χ1n) is 6.22. The largest absolute Gasteiger partial charge is 0.368 e. The fraction of sp³-hybridized carbons (Fsp3) is 1.00. The third-order valence-electron chi connectivity index (χ3n) is 2.95. The summed E-state index contributed by atoms with van der Waals surface area (Å²) in [5, 5.41) is 19.4. The van der Waals surface area contributed by atoms with Crippen molar-refractivity contribution in [1.29, 1.82) is 0 Å². The SMILES string of the molecule is CC(C)(O)O[C@@H]1C[C@@H](O)O[C@@H]2COC(C)(C)O[C@H]21. The average molecular weight is 262 g/mol. The summed E-state index contributed by atoms with van der Waals surface area (Å²) in [6.07, 6.45) is -1.83. The van der Waals surface area contributed by atoms with Crippen LogP contribution in [0, 0.1) is 0 Å². The Hall–Kier alpha value is -0.240. The number of hydrogen-bond acceptors (Lipinski definition) is 6. The molecule has 0 bridgehead atoms. The highest BCUT2D eigenvalue weighted by Gasteiger charge is 2.47. The molecule has 0 amide bonds. The minimum absolute atomic E-state index is 0.265. The second-order valence-electron chi connectivity index (χ2n) is 5.76. The molecule has 2 fully saturated rings. The molecule has 2 heterocycles. The Morgan fingerprint density at radius 1 is 1.33 bits per heavy atom. The Balaban J connectivity index is 2.11. The van der Waals surface area contributed by atoms with Gasteiger partial charge in [-0.15, -0.1) is 0 Å². The van der Waals surface area contributed by atoms with Gasteiger partial charge in [0.2, 0.25) is 0 Å². The van der Waals surface area contributed by atoms with E-state index in [9.17, 15) is 10.2 Å². The van der Waals surface area contributed by atoms with E-state index in [0.717, 1.165) is 0 Å². The number of ether oxygens (including phenoxy) is 4. The monoisotopic (exact) mass is 262 g/mol. The molecule has 0 aromatic carbocycles. The van der Waals surface area contributed by atoms with E-state index >= 15 is 0 Å². The predicted molar refractivity (Wildman–Crippen MR) is 61.6 cm³/mol. The average Bonchev–Trinajstić information content (AvgIpc) is 2.16. The topological polar surface area (TPSA) is 77.4 Å². The van der Waals surface area contributed by atoms with Crippen LogP contribution in [0.25, 0.3) is 0 Å². The second-order valence-corrected chi connectivity index (χ2v) is 5.76. The van der Waals surface area contributed by atoms with Gasteiger partial charge >= 0.3 is 0 Å². The lowest BCUT2D eigenvalue weighted by Crippen LogP contribution is -2.60. The van der Waals surface area contributed by atoms with Gasteiger partial charge in [-0.3, -0.25) is 0 Å². The zero-order valence-corrected chi connectivity index (χ0v) is 11.3. The molecule has 2 rings (SSSR count). The van der Waals surface area contributed by atoms with E-state index in [1.54, 1.807) is 13.8 Å². The Bertz CT molecular complexity index is 297. The third-order valence-corrected chi connectivity index (χ3v) is 2.95. The molecule has 4 atom stereocenters. The summed E-state index contributed by atoms with van der Waals surface area (Å²) in [7, 11) is 0. The van der Waals surface area contributed by atoms with Crippen LogP contribution in [-0.2, 0) is 18.9 Å². The van der Waals surface area contributed by atoms with Crippen LogP contribution >= 0.6 is 0 Å². The lowest BCUT2D eigenvalue weighted by Gasteiger charge is -2.48. The fourth-order valence-electron chi connectivity index (χ4n) is 2.32. The van der Waals surface area contributed by atoms with Crippen LogP contribution in [0.2, 0.25) is 0 Å². The van der Waals surface area contributed by atoms with Crippen LogP contribution in [0.1, 0.15) is 34.1 Å². The van der Waals surface area contributed by atoms with Crippen molar-refractivity contribution in [3.8, 4) is 0 Å². The quantitative estimate of drug-likeness (QED) is 0.700. The molecule has 6 heteroatoms. The van der Waals surface area contributed by atoms with Crippen molar-refractivity contribution in [3.63, 3.8) is 0 Å². The van der Waals surface area contributed by atoms with Crippen LogP contribution in [0.3, 0.4) is 0 Å². The number of rotatable bonds is 2. The summed E-state index contributed by atoms with van der Waals surface area (Å²) >= 11 is 0. The van der Waals surface area contributed by atoms with Gasteiger partial charge in [0.05, 0.1) is 12.7 Å². The van der Waals surface area contributed by atoms with Gasteiger partial charge in [0, 0.05) is 6.42 Å². The van der Waals surface area contributed by atoms with Crippen LogP contribution in [0.4, 0.5) is 0 Å². The summed E-state index contributed by atoms with van der Waals surface area (Å²) in [6, 6.07) is 0. The maximum absolute atomic E-state index is 9.75. The van der Waals surface area contributed by atoms with E-state index < -0.39 is 24.0 Å². The lowest BCUT2D eigenvalue weighted by atomic mass is 9.99. The van der Waals surface area contributed by atoms with Gasteiger partial charge in [0.15, 0.2) is 17.9 Å². The van der Waals surface area contributed by atoms with Gasteiger partial charge in [0.1, 0.15) is 12.2 Å². The highest BCUT2D eigenvalue weighted by atomic mass is 16.8. The predicted octanol–water partition coefficient (Wildman–Crippen LogP) is 0.359. The van der Waals surface area contributed by atoms with Crippen molar-refractivity contribution in [2.24, 2.45) is 0 Å². The van der Waals surface area contributed by atoms with Crippen LogP contribution in [0.15, 0.2) is 0 Å². The Morgan fingerprint density at radius 2 is 2.00 bits per heavy atom. The summed E-state index contributed by atoms with van der Waals surface area (Å²) < 4.78 is 22.2. The Labute approximate surface area is 107 Å². The van der Waals surface area contributed by atoms with Crippen molar-refractivity contribution in [2.75, 3.05) is 6.61 Å². The van der Waals surface area contributed by atoms with Gasteiger partial charge in [-0.1, -0.05) is 0 Å². The second kappa shape index (κ2) is 4.70. The van der Waals surface area contributed by atoms with E-state index in [1.165, 1.54) is 0 Å². The minimum Gasteiger partial charge on any atom is -0.368 e. The van der Waals surface area contributed by atoms with Gasteiger partial charge in [-0.25, -0.2) is 0 Å². The van der Waals surface area contributed by atoms with Crippen LogP contribution in [-0.4, -0.2) is 53.0 Å². The molecule has 18 heavy (non-hydrogen) atoms. The first-order valence-corrected chi connectivity index (χ1v) is 6.22. The van der Waals surface area contributed by atoms with Crippen molar-refractivity contribution < 1.29 is 29.2 Å². The van der Waals surface area contributed by atoms with E-state index in [1.807, 2.05) is 13.8 Å². The van der Waals surface area contributed by atoms with Gasteiger partial charge in [0.25, 0.3) is 0 Å². The van der Waals surface area contributed by atoms with Crippen LogP contribution in [0.5, 0.6) is 0 Å². The van der Waals surface area contributed by atoms with Gasteiger partial charge in [-0.05, 0) is 27.7 Å². The molecule has 2 saturated heterocycles. The number of fused-ring (bicyclic) bond motifs is 1. The summed E-state index contributed by atoms with van der Waals surface area (Å²) in [4.78, 5) is 0. The van der Waals surface area contributed by atoms with Crippen molar-refractivity contribution >= 4 is 0 Å². The zero-order valence-electron chi connectivity index (χ0n) is 11.3. The normalized spacial score (nSPS) is 40.3. The highest BCUT2D eigenvalue weighted by molar-refractivity contribution is 4.89.